The van der Waals surface area contributed by atoms with Crippen molar-refractivity contribution in [1.29, 1.82) is 0 Å². The minimum atomic E-state index is 0.0335. The first kappa shape index (κ1) is 16.9. The van der Waals surface area contributed by atoms with Crippen LogP contribution in [0, 0.1) is 0 Å². The van der Waals surface area contributed by atoms with Crippen LogP contribution in [0.25, 0.3) is 10.9 Å². The smallest absolute Gasteiger partial charge is 0.272 e. The molecule has 0 saturated carbocycles. The van der Waals surface area contributed by atoms with Crippen LogP contribution in [-0.4, -0.2) is 39.8 Å². The number of carbonyl (C=O) groups is 1. The molecule has 1 aliphatic heterocycles. The van der Waals surface area contributed by atoms with Crippen LogP contribution in [-0.2, 0) is 7.05 Å². The summed E-state index contributed by atoms with van der Waals surface area (Å²) in [6.45, 7) is 1.35. The number of ether oxygens (including phenoxy) is 1. The normalized spacial score (nSPS) is 15.4. The SMILES string of the molecule is Cn1nc2ccccc2c1C(=O)N1CCC(Oc2ccc(Cl)cc2)CC1. The van der Waals surface area contributed by atoms with Crippen LogP contribution in [0.1, 0.15) is 23.3 Å². The predicted molar refractivity (Wildman–Crippen MR) is 102 cm³/mol. The molecular weight excluding hydrogens is 350 g/mol. The third-order valence-electron chi connectivity index (χ3n) is 4.79. The highest BCUT2D eigenvalue weighted by molar-refractivity contribution is 6.30. The molecule has 0 aliphatic carbocycles. The first-order chi connectivity index (χ1) is 12.6. The number of halogens is 1. The van der Waals surface area contributed by atoms with Crippen molar-refractivity contribution in [2.45, 2.75) is 18.9 Å². The molecule has 2 heterocycles. The Morgan fingerprint density at radius 2 is 1.81 bits per heavy atom. The van der Waals surface area contributed by atoms with Crippen LogP contribution >= 0.6 is 11.6 Å². The Hall–Kier alpha value is -2.53. The predicted octanol–water partition coefficient (Wildman–Crippen LogP) is 3.91. The van der Waals surface area contributed by atoms with E-state index in [2.05, 4.69) is 5.10 Å². The van der Waals surface area contributed by atoms with E-state index >= 15 is 0 Å². The summed E-state index contributed by atoms with van der Waals surface area (Å²) in [5.41, 5.74) is 1.50. The van der Waals surface area contributed by atoms with Crippen molar-refractivity contribution in [3.8, 4) is 5.75 Å². The number of benzene rings is 2. The van der Waals surface area contributed by atoms with E-state index in [1.807, 2.05) is 60.5 Å². The minimum Gasteiger partial charge on any atom is -0.490 e. The van der Waals surface area contributed by atoms with Gasteiger partial charge in [0.2, 0.25) is 0 Å². The molecule has 26 heavy (non-hydrogen) atoms. The highest BCUT2D eigenvalue weighted by Gasteiger charge is 2.27. The van der Waals surface area contributed by atoms with Crippen molar-refractivity contribution >= 4 is 28.4 Å². The van der Waals surface area contributed by atoms with Gasteiger partial charge in [-0.25, -0.2) is 0 Å². The summed E-state index contributed by atoms with van der Waals surface area (Å²) >= 11 is 5.90. The Morgan fingerprint density at radius 3 is 2.54 bits per heavy atom. The lowest BCUT2D eigenvalue weighted by Crippen LogP contribution is -2.42. The molecule has 0 spiro atoms. The largest absolute Gasteiger partial charge is 0.490 e. The molecule has 1 aliphatic rings. The van der Waals surface area contributed by atoms with Crippen molar-refractivity contribution in [1.82, 2.24) is 14.7 Å². The first-order valence-electron chi connectivity index (χ1n) is 8.75. The van der Waals surface area contributed by atoms with Gasteiger partial charge >= 0.3 is 0 Å². The van der Waals surface area contributed by atoms with E-state index in [0.717, 1.165) is 29.5 Å². The van der Waals surface area contributed by atoms with Gasteiger partial charge in [0.25, 0.3) is 5.91 Å². The van der Waals surface area contributed by atoms with E-state index in [-0.39, 0.29) is 12.0 Å². The molecule has 0 N–H and O–H groups in total. The zero-order valence-corrected chi connectivity index (χ0v) is 15.3. The molecule has 0 radical (unpaired) electrons. The highest BCUT2D eigenvalue weighted by atomic mass is 35.5. The summed E-state index contributed by atoms with van der Waals surface area (Å²) in [7, 11) is 1.82. The van der Waals surface area contributed by atoms with Gasteiger partial charge in [-0.1, -0.05) is 29.8 Å². The number of aromatic nitrogens is 2. The van der Waals surface area contributed by atoms with Crippen LogP contribution in [0.3, 0.4) is 0 Å². The van der Waals surface area contributed by atoms with Crippen molar-refractivity contribution in [2.24, 2.45) is 7.05 Å². The van der Waals surface area contributed by atoms with Crippen molar-refractivity contribution in [2.75, 3.05) is 13.1 Å². The number of fused-ring (bicyclic) bond motifs is 1. The van der Waals surface area contributed by atoms with Gasteiger partial charge in [-0.15, -0.1) is 0 Å². The topological polar surface area (TPSA) is 47.4 Å². The number of likely N-dealkylation sites (tertiary alicyclic amines) is 1. The van der Waals surface area contributed by atoms with Gasteiger partial charge in [0.15, 0.2) is 0 Å². The zero-order chi connectivity index (χ0) is 18.1. The average Bonchev–Trinajstić information content (AvgIpc) is 2.99. The molecule has 0 bridgehead atoms. The fraction of sp³-hybridized carbons (Fsp3) is 0.300. The Bertz CT molecular complexity index is 928. The van der Waals surface area contributed by atoms with E-state index in [1.54, 1.807) is 4.68 Å². The molecule has 1 fully saturated rings. The highest BCUT2D eigenvalue weighted by Crippen LogP contribution is 2.24. The van der Waals surface area contributed by atoms with Gasteiger partial charge in [-0.05, 0) is 30.3 Å². The van der Waals surface area contributed by atoms with Crippen molar-refractivity contribution in [3.63, 3.8) is 0 Å². The van der Waals surface area contributed by atoms with Crippen molar-refractivity contribution < 1.29 is 9.53 Å². The molecule has 0 unspecified atom stereocenters. The number of piperidine rings is 1. The van der Waals surface area contributed by atoms with Crippen LogP contribution in [0.4, 0.5) is 0 Å². The number of amides is 1. The number of nitrogens with zero attached hydrogens (tertiary/aromatic N) is 3. The number of rotatable bonds is 3. The van der Waals surface area contributed by atoms with E-state index in [0.29, 0.717) is 23.8 Å². The number of carbonyl (C=O) groups excluding carboxylic acids is 1. The summed E-state index contributed by atoms with van der Waals surface area (Å²) in [5.74, 6) is 0.850. The summed E-state index contributed by atoms with van der Waals surface area (Å²) in [5, 5.41) is 6.04. The van der Waals surface area contributed by atoms with Gasteiger partial charge in [-0.2, -0.15) is 5.10 Å². The fourth-order valence-corrected chi connectivity index (χ4v) is 3.56. The van der Waals surface area contributed by atoms with Gasteiger partial charge in [0, 0.05) is 43.4 Å². The molecule has 4 rings (SSSR count). The van der Waals surface area contributed by atoms with Crippen LogP contribution in [0.15, 0.2) is 48.5 Å². The number of hydrogen-bond donors (Lipinski definition) is 0. The zero-order valence-electron chi connectivity index (χ0n) is 14.6. The Kier molecular flexibility index (Phi) is 4.55. The van der Waals surface area contributed by atoms with Crippen LogP contribution in [0.5, 0.6) is 5.75 Å². The summed E-state index contributed by atoms with van der Waals surface area (Å²) in [6.07, 6.45) is 1.73. The molecule has 5 nitrogen and oxygen atoms in total. The van der Waals surface area contributed by atoms with Gasteiger partial charge in [0.1, 0.15) is 17.5 Å². The molecule has 1 aromatic heterocycles. The van der Waals surface area contributed by atoms with E-state index in [9.17, 15) is 4.79 Å². The second-order valence-corrected chi connectivity index (χ2v) is 6.99. The molecular formula is C20H20ClN3O2. The molecule has 134 valence electrons. The van der Waals surface area contributed by atoms with Gasteiger partial charge < -0.3 is 9.64 Å². The average molecular weight is 370 g/mol. The number of hydrogen-bond acceptors (Lipinski definition) is 3. The van der Waals surface area contributed by atoms with Crippen LogP contribution < -0.4 is 4.74 Å². The lowest BCUT2D eigenvalue weighted by molar-refractivity contribution is 0.0587. The number of aryl methyl sites for hydroxylation is 1. The lowest BCUT2D eigenvalue weighted by atomic mass is 10.1. The van der Waals surface area contributed by atoms with Gasteiger partial charge in [0.05, 0.1) is 5.52 Å². The maximum atomic E-state index is 13.0. The summed E-state index contributed by atoms with van der Waals surface area (Å²) in [4.78, 5) is 14.9. The molecule has 2 aromatic carbocycles. The monoisotopic (exact) mass is 369 g/mol. The standard InChI is InChI=1S/C20H20ClN3O2/c1-23-19(17-4-2-3-5-18(17)22-23)20(25)24-12-10-16(11-13-24)26-15-8-6-14(21)7-9-15/h2-9,16H,10-13H2,1H3. The maximum Gasteiger partial charge on any atom is 0.272 e. The third-order valence-corrected chi connectivity index (χ3v) is 5.04. The molecule has 1 amide bonds. The Labute approximate surface area is 157 Å². The molecule has 3 aromatic rings. The van der Waals surface area contributed by atoms with E-state index in [4.69, 9.17) is 16.3 Å². The Morgan fingerprint density at radius 1 is 1.12 bits per heavy atom. The Balaban J connectivity index is 1.43. The third kappa shape index (κ3) is 3.27. The molecule has 0 atom stereocenters. The summed E-state index contributed by atoms with van der Waals surface area (Å²) < 4.78 is 7.69. The molecule has 6 heteroatoms. The van der Waals surface area contributed by atoms with Gasteiger partial charge in [-0.3, -0.25) is 9.48 Å². The van der Waals surface area contributed by atoms with Crippen LogP contribution in [0.2, 0.25) is 5.02 Å². The first-order valence-corrected chi connectivity index (χ1v) is 9.13. The summed E-state index contributed by atoms with van der Waals surface area (Å²) in [6, 6.07) is 15.1. The second kappa shape index (κ2) is 7.00. The quantitative estimate of drug-likeness (QED) is 0.703. The molecule has 1 saturated heterocycles. The minimum absolute atomic E-state index is 0.0335. The second-order valence-electron chi connectivity index (χ2n) is 6.55. The van der Waals surface area contributed by atoms with E-state index in [1.165, 1.54) is 0 Å². The van der Waals surface area contributed by atoms with Crippen molar-refractivity contribution in [3.05, 3.63) is 59.2 Å². The van der Waals surface area contributed by atoms with E-state index < -0.39 is 0 Å². The lowest BCUT2D eigenvalue weighted by Gasteiger charge is -2.32. The maximum absolute atomic E-state index is 13.0. The fourth-order valence-electron chi connectivity index (χ4n) is 3.43.